The van der Waals surface area contributed by atoms with Gasteiger partial charge in [-0.05, 0) is 19.1 Å². The Balaban J connectivity index is 2.09. The maximum Gasteiger partial charge on any atom is 0.255 e. The lowest BCUT2D eigenvalue weighted by molar-refractivity contribution is -0.116. The molecule has 2 heterocycles. The van der Waals surface area contributed by atoms with Gasteiger partial charge < -0.3 is 0 Å². The van der Waals surface area contributed by atoms with Crippen LogP contribution in [0.3, 0.4) is 0 Å². The fourth-order valence-electron chi connectivity index (χ4n) is 1.66. The van der Waals surface area contributed by atoms with Crippen molar-refractivity contribution in [1.82, 2.24) is 4.98 Å². The molecule has 0 fully saturated rings. The standard InChI is InChI=1S/C11H9N3OS/c1-7-6-10(15)14(13-7)11-12-8-4-2-3-5-9(8)16-11/h2-5H,6H2,1H3. The zero-order valence-electron chi connectivity index (χ0n) is 8.67. The normalized spacial score (nSPS) is 15.9. The zero-order valence-corrected chi connectivity index (χ0v) is 9.49. The number of hydrogen-bond acceptors (Lipinski definition) is 4. The van der Waals surface area contributed by atoms with Crippen molar-refractivity contribution in [3.63, 3.8) is 0 Å². The molecule has 0 aliphatic carbocycles. The highest BCUT2D eigenvalue weighted by molar-refractivity contribution is 7.22. The molecule has 1 aromatic heterocycles. The Bertz CT molecular complexity index is 569. The number of hydrogen-bond donors (Lipinski definition) is 0. The number of amides is 1. The van der Waals surface area contributed by atoms with Crippen LogP contribution in [0.5, 0.6) is 0 Å². The van der Waals surface area contributed by atoms with E-state index in [-0.39, 0.29) is 5.91 Å². The van der Waals surface area contributed by atoms with E-state index in [4.69, 9.17) is 0 Å². The maximum atomic E-state index is 11.6. The van der Waals surface area contributed by atoms with Crippen LogP contribution < -0.4 is 5.01 Å². The first-order valence-electron chi connectivity index (χ1n) is 4.96. The number of thiazole rings is 1. The lowest BCUT2D eigenvalue weighted by atomic mass is 10.3. The summed E-state index contributed by atoms with van der Waals surface area (Å²) in [5.74, 6) is -0.00319. The van der Waals surface area contributed by atoms with Crippen LogP contribution in [0.1, 0.15) is 13.3 Å². The van der Waals surface area contributed by atoms with E-state index in [0.29, 0.717) is 11.6 Å². The first-order chi connectivity index (χ1) is 7.74. The van der Waals surface area contributed by atoms with Crippen molar-refractivity contribution < 1.29 is 4.79 Å². The number of hydrazone groups is 1. The third-order valence-electron chi connectivity index (χ3n) is 2.38. The van der Waals surface area contributed by atoms with Gasteiger partial charge in [-0.1, -0.05) is 23.5 Å². The Morgan fingerprint density at radius 1 is 1.38 bits per heavy atom. The monoisotopic (exact) mass is 231 g/mol. The lowest BCUT2D eigenvalue weighted by Gasteiger charge is -2.05. The van der Waals surface area contributed by atoms with Crippen molar-refractivity contribution in [2.75, 3.05) is 5.01 Å². The van der Waals surface area contributed by atoms with E-state index in [9.17, 15) is 4.79 Å². The van der Waals surface area contributed by atoms with Crippen molar-refractivity contribution >= 4 is 38.3 Å². The van der Waals surface area contributed by atoms with E-state index in [1.54, 1.807) is 0 Å². The van der Waals surface area contributed by atoms with Crippen LogP contribution in [0.25, 0.3) is 10.2 Å². The number of fused-ring (bicyclic) bond motifs is 1. The second-order valence-corrected chi connectivity index (χ2v) is 4.69. The zero-order chi connectivity index (χ0) is 11.1. The summed E-state index contributed by atoms with van der Waals surface area (Å²) in [6, 6.07) is 7.83. The molecule has 16 heavy (non-hydrogen) atoms. The Labute approximate surface area is 96.2 Å². The summed E-state index contributed by atoms with van der Waals surface area (Å²) in [7, 11) is 0. The first kappa shape index (κ1) is 9.47. The largest absolute Gasteiger partial charge is 0.272 e. The van der Waals surface area contributed by atoms with Gasteiger partial charge in [0.2, 0.25) is 5.13 Å². The minimum atomic E-state index is -0.00319. The molecule has 1 aromatic carbocycles. The molecular formula is C11H9N3OS. The van der Waals surface area contributed by atoms with E-state index < -0.39 is 0 Å². The second kappa shape index (κ2) is 3.38. The summed E-state index contributed by atoms with van der Waals surface area (Å²) in [5.41, 5.74) is 1.75. The van der Waals surface area contributed by atoms with Crippen LogP contribution in [-0.2, 0) is 4.79 Å². The van der Waals surface area contributed by atoms with Gasteiger partial charge in [-0.25, -0.2) is 4.98 Å². The first-order valence-corrected chi connectivity index (χ1v) is 5.78. The molecule has 0 N–H and O–H groups in total. The number of carbonyl (C=O) groups is 1. The van der Waals surface area contributed by atoms with E-state index in [1.807, 2.05) is 31.2 Å². The highest BCUT2D eigenvalue weighted by Gasteiger charge is 2.25. The number of carbonyl (C=O) groups excluding carboxylic acids is 1. The number of benzene rings is 1. The number of para-hydroxylation sites is 1. The third-order valence-corrected chi connectivity index (χ3v) is 3.39. The number of aromatic nitrogens is 1. The molecule has 80 valence electrons. The minimum absolute atomic E-state index is 0.00319. The third kappa shape index (κ3) is 1.40. The molecule has 0 spiro atoms. The van der Waals surface area contributed by atoms with Gasteiger partial charge in [-0.2, -0.15) is 10.1 Å². The van der Waals surface area contributed by atoms with Gasteiger partial charge in [0.15, 0.2) is 0 Å². The predicted molar refractivity (Wildman–Crippen MR) is 64.8 cm³/mol. The van der Waals surface area contributed by atoms with Crippen LogP contribution in [0.4, 0.5) is 5.13 Å². The van der Waals surface area contributed by atoms with Crippen LogP contribution >= 0.6 is 11.3 Å². The van der Waals surface area contributed by atoms with Gasteiger partial charge in [0.1, 0.15) is 0 Å². The quantitative estimate of drug-likeness (QED) is 0.756. The highest BCUT2D eigenvalue weighted by atomic mass is 32.1. The molecular weight excluding hydrogens is 222 g/mol. The molecule has 1 aliphatic rings. The fourth-order valence-corrected chi connectivity index (χ4v) is 2.59. The van der Waals surface area contributed by atoms with Gasteiger partial charge in [-0.15, -0.1) is 0 Å². The second-order valence-electron chi connectivity index (χ2n) is 3.68. The molecule has 0 unspecified atom stereocenters. The van der Waals surface area contributed by atoms with Gasteiger partial charge in [0.25, 0.3) is 5.91 Å². The SMILES string of the molecule is CC1=NN(c2nc3ccccc3s2)C(=O)C1. The predicted octanol–water partition coefficient (Wildman–Crippen LogP) is 2.41. The number of anilines is 1. The topological polar surface area (TPSA) is 45.6 Å². The van der Waals surface area contributed by atoms with Crippen LogP contribution in [0.15, 0.2) is 29.4 Å². The summed E-state index contributed by atoms with van der Waals surface area (Å²) in [4.78, 5) is 16.0. The lowest BCUT2D eigenvalue weighted by Crippen LogP contribution is -2.19. The molecule has 0 saturated heterocycles. The van der Waals surface area contributed by atoms with Gasteiger partial charge in [-0.3, -0.25) is 4.79 Å². The molecule has 2 aromatic rings. The molecule has 0 bridgehead atoms. The molecule has 4 nitrogen and oxygen atoms in total. The van der Waals surface area contributed by atoms with E-state index in [1.165, 1.54) is 16.3 Å². The molecule has 5 heteroatoms. The molecule has 0 saturated carbocycles. The Hall–Kier alpha value is -1.75. The molecule has 0 atom stereocenters. The van der Waals surface area contributed by atoms with Crippen molar-refractivity contribution in [3.05, 3.63) is 24.3 Å². The Morgan fingerprint density at radius 2 is 2.19 bits per heavy atom. The average molecular weight is 231 g/mol. The minimum Gasteiger partial charge on any atom is -0.272 e. The van der Waals surface area contributed by atoms with Crippen molar-refractivity contribution in [2.24, 2.45) is 5.10 Å². The number of rotatable bonds is 1. The highest BCUT2D eigenvalue weighted by Crippen LogP contribution is 2.30. The van der Waals surface area contributed by atoms with Gasteiger partial charge in [0, 0.05) is 5.71 Å². The summed E-state index contributed by atoms with van der Waals surface area (Å²) in [6.45, 7) is 1.85. The smallest absolute Gasteiger partial charge is 0.255 e. The van der Waals surface area contributed by atoms with Crippen molar-refractivity contribution in [1.29, 1.82) is 0 Å². The molecule has 0 radical (unpaired) electrons. The van der Waals surface area contributed by atoms with E-state index in [2.05, 4.69) is 10.1 Å². The summed E-state index contributed by atoms with van der Waals surface area (Å²) in [5, 5.41) is 6.24. The molecule has 3 rings (SSSR count). The maximum absolute atomic E-state index is 11.6. The summed E-state index contributed by atoms with van der Waals surface area (Å²) in [6.07, 6.45) is 0.399. The van der Waals surface area contributed by atoms with Crippen LogP contribution in [0, 0.1) is 0 Å². The molecule has 1 aliphatic heterocycles. The van der Waals surface area contributed by atoms with Crippen LogP contribution in [-0.4, -0.2) is 16.6 Å². The van der Waals surface area contributed by atoms with Gasteiger partial charge >= 0.3 is 0 Å². The van der Waals surface area contributed by atoms with E-state index >= 15 is 0 Å². The Morgan fingerprint density at radius 3 is 2.88 bits per heavy atom. The summed E-state index contributed by atoms with van der Waals surface area (Å²) < 4.78 is 1.07. The van der Waals surface area contributed by atoms with Crippen molar-refractivity contribution in [2.45, 2.75) is 13.3 Å². The number of nitrogens with zero attached hydrogens (tertiary/aromatic N) is 3. The van der Waals surface area contributed by atoms with Crippen molar-refractivity contribution in [3.8, 4) is 0 Å². The summed E-state index contributed by atoms with van der Waals surface area (Å²) >= 11 is 1.49. The molecule has 1 amide bonds. The van der Waals surface area contributed by atoms with Gasteiger partial charge in [0.05, 0.1) is 16.6 Å². The average Bonchev–Trinajstić information content (AvgIpc) is 2.81. The Kier molecular flexibility index (Phi) is 2.00. The van der Waals surface area contributed by atoms with Crippen LogP contribution in [0.2, 0.25) is 0 Å². The fraction of sp³-hybridized carbons (Fsp3) is 0.182. The van der Waals surface area contributed by atoms with E-state index in [0.717, 1.165) is 15.9 Å².